The molecule has 2 nitrogen and oxygen atoms in total. The van der Waals surface area contributed by atoms with E-state index in [0.717, 1.165) is 12.5 Å². The molecule has 70 valence electrons. The summed E-state index contributed by atoms with van der Waals surface area (Å²) in [4.78, 5) is 4.73. The predicted molar refractivity (Wildman–Crippen MR) is 54.3 cm³/mol. The van der Waals surface area contributed by atoms with Gasteiger partial charge in [-0.15, -0.1) is 11.3 Å². The first-order valence-electron chi connectivity index (χ1n) is 5.09. The molecule has 1 N–H and O–H groups in total. The number of aromatic nitrogens is 1. The first-order chi connectivity index (χ1) is 6.43. The lowest BCUT2D eigenvalue weighted by molar-refractivity contribution is 0.749. The molecule has 0 bridgehead atoms. The Balaban J connectivity index is 1.79. The molecule has 1 atom stereocenters. The number of rotatable bonds is 2. The molecule has 0 radical (unpaired) electrons. The van der Waals surface area contributed by atoms with Crippen molar-refractivity contribution in [3.8, 4) is 0 Å². The highest BCUT2D eigenvalue weighted by atomic mass is 32.1. The molecule has 0 amide bonds. The van der Waals surface area contributed by atoms with Gasteiger partial charge in [-0.2, -0.15) is 0 Å². The van der Waals surface area contributed by atoms with Crippen LogP contribution in [0.25, 0.3) is 0 Å². The maximum absolute atomic E-state index is 4.73. The van der Waals surface area contributed by atoms with Gasteiger partial charge in [-0.1, -0.05) is 0 Å². The minimum atomic E-state index is 0.706. The third-order valence-electron chi connectivity index (χ3n) is 2.94. The highest BCUT2D eigenvalue weighted by Gasteiger charge is 2.27. The summed E-state index contributed by atoms with van der Waals surface area (Å²) in [6.07, 6.45) is 4.01. The lowest BCUT2D eigenvalue weighted by atomic mass is 10.1. The van der Waals surface area contributed by atoms with Crippen LogP contribution in [0.4, 0.5) is 0 Å². The highest BCUT2D eigenvalue weighted by molar-refractivity contribution is 7.09. The zero-order chi connectivity index (χ0) is 8.67. The molecule has 2 heterocycles. The second kappa shape index (κ2) is 3.07. The van der Waals surface area contributed by atoms with Crippen molar-refractivity contribution in [1.82, 2.24) is 10.3 Å². The first-order valence-corrected chi connectivity index (χ1v) is 5.97. The molecule has 1 aliphatic carbocycles. The molecule has 2 fully saturated rings. The minimum absolute atomic E-state index is 0.706. The summed E-state index contributed by atoms with van der Waals surface area (Å²) in [6.45, 7) is 2.31. The summed E-state index contributed by atoms with van der Waals surface area (Å²) in [5.74, 6) is 1.52. The Morgan fingerprint density at radius 2 is 2.23 bits per heavy atom. The van der Waals surface area contributed by atoms with Gasteiger partial charge in [0.15, 0.2) is 0 Å². The van der Waals surface area contributed by atoms with Gasteiger partial charge in [0, 0.05) is 23.8 Å². The second-order valence-electron chi connectivity index (χ2n) is 4.07. The maximum Gasteiger partial charge on any atom is 0.0972 e. The predicted octanol–water partition coefficient (Wildman–Crippen LogP) is 2.10. The molecule has 1 aromatic rings. The number of hydrogen-bond acceptors (Lipinski definition) is 3. The van der Waals surface area contributed by atoms with E-state index in [9.17, 15) is 0 Å². The van der Waals surface area contributed by atoms with E-state index in [0.29, 0.717) is 5.92 Å². The fourth-order valence-corrected chi connectivity index (χ4v) is 2.96. The summed E-state index contributed by atoms with van der Waals surface area (Å²) in [7, 11) is 0. The molecule has 0 aromatic carbocycles. The van der Waals surface area contributed by atoms with E-state index < -0.39 is 0 Å². The Morgan fingerprint density at radius 1 is 1.31 bits per heavy atom. The zero-order valence-electron chi connectivity index (χ0n) is 7.62. The summed E-state index contributed by atoms with van der Waals surface area (Å²) >= 11 is 1.86. The Hall–Kier alpha value is -0.410. The van der Waals surface area contributed by atoms with Crippen molar-refractivity contribution in [1.29, 1.82) is 0 Å². The molecular weight excluding hydrogens is 180 g/mol. The van der Waals surface area contributed by atoms with E-state index in [2.05, 4.69) is 10.7 Å². The summed E-state index contributed by atoms with van der Waals surface area (Å²) in [6, 6.07) is 0. The fourth-order valence-electron chi connectivity index (χ4n) is 1.92. The van der Waals surface area contributed by atoms with Gasteiger partial charge in [0.2, 0.25) is 0 Å². The average Bonchev–Trinajstić information content (AvgIpc) is 2.72. The molecule has 3 heteroatoms. The smallest absolute Gasteiger partial charge is 0.0972 e. The molecule has 1 saturated carbocycles. The van der Waals surface area contributed by atoms with Crippen molar-refractivity contribution < 1.29 is 0 Å². The van der Waals surface area contributed by atoms with E-state index in [1.807, 2.05) is 11.3 Å². The van der Waals surface area contributed by atoms with Gasteiger partial charge >= 0.3 is 0 Å². The minimum Gasteiger partial charge on any atom is -0.316 e. The van der Waals surface area contributed by atoms with Crippen LogP contribution in [0.3, 0.4) is 0 Å². The summed E-state index contributed by atoms with van der Waals surface area (Å²) in [5, 5.41) is 7.03. The third kappa shape index (κ3) is 1.51. The Kier molecular flexibility index (Phi) is 1.87. The average molecular weight is 194 g/mol. The molecule has 13 heavy (non-hydrogen) atoms. The zero-order valence-corrected chi connectivity index (χ0v) is 8.44. The van der Waals surface area contributed by atoms with Crippen LogP contribution in [-0.2, 0) is 0 Å². The van der Waals surface area contributed by atoms with E-state index in [4.69, 9.17) is 4.98 Å². The quantitative estimate of drug-likeness (QED) is 0.780. The van der Waals surface area contributed by atoms with E-state index in [1.165, 1.54) is 36.5 Å². The number of thiazole rings is 1. The van der Waals surface area contributed by atoms with Gasteiger partial charge in [-0.05, 0) is 25.8 Å². The Morgan fingerprint density at radius 3 is 2.92 bits per heavy atom. The van der Waals surface area contributed by atoms with Crippen LogP contribution in [0.15, 0.2) is 5.38 Å². The van der Waals surface area contributed by atoms with Gasteiger partial charge < -0.3 is 5.32 Å². The Bertz CT molecular complexity index is 298. The largest absolute Gasteiger partial charge is 0.316 e. The van der Waals surface area contributed by atoms with Gasteiger partial charge in [0.05, 0.1) is 10.7 Å². The molecule has 1 saturated heterocycles. The molecule has 1 aliphatic heterocycles. The van der Waals surface area contributed by atoms with Crippen LogP contribution in [0.2, 0.25) is 0 Å². The summed E-state index contributed by atoms with van der Waals surface area (Å²) in [5.41, 5.74) is 1.37. The SMILES string of the molecule is c1sc(C2CCNC2)nc1C1CC1. The molecular formula is C10H14N2S. The molecule has 2 aliphatic rings. The van der Waals surface area contributed by atoms with E-state index in [1.54, 1.807) is 0 Å². The van der Waals surface area contributed by atoms with Crippen molar-refractivity contribution in [2.45, 2.75) is 31.1 Å². The van der Waals surface area contributed by atoms with Crippen molar-refractivity contribution in [3.63, 3.8) is 0 Å². The van der Waals surface area contributed by atoms with Crippen LogP contribution in [0, 0.1) is 0 Å². The van der Waals surface area contributed by atoms with Crippen molar-refractivity contribution in [2.24, 2.45) is 0 Å². The van der Waals surface area contributed by atoms with Crippen molar-refractivity contribution in [2.75, 3.05) is 13.1 Å². The van der Waals surface area contributed by atoms with E-state index in [-0.39, 0.29) is 0 Å². The second-order valence-corrected chi connectivity index (χ2v) is 4.96. The summed E-state index contributed by atoms with van der Waals surface area (Å²) < 4.78 is 0. The normalized spacial score (nSPS) is 28.2. The lowest BCUT2D eigenvalue weighted by Crippen LogP contribution is -2.07. The van der Waals surface area contributed by atoms with Gasteiger partial charge in [0.25, 0.3) is 0 Å². The monoisotopic (exact) mass is 194 g/mol. The lowest BCUT2D eigenvalue weighted by Gasteiger charge is -2.01. The van der Waals surface area contributed by atoms with Crippen LogP contribution >= 0.6 is 11.3 Å². The number of nitrogens with one attached hydrogen (secondary N) is 1. The van der Waals surface area contributed by atoms with Crippen molar-refractivity contribution >= 4 is 11.3 Å². The fraction of sp³-hybridized carbons (Fsp3) is 0.700. The third-order valence-corrected chi connectivity index (χ3v) is 3.97. The van der Waals surface area contributed by atoms with Crippen LogP contribution in [0.5, 0.6) is 0 Å². The van der Waals surface area contributed by atoms with Gasteiger partial charge in [-0.3, -0.25) is 0 Å². The topological polar surface area (TPSA) is 24.9 Å². The maximum atomic E-state index is 4.73. The van der Waals surface area contributed by atoms with Crippen LogP contribution in [-0.4, -0.2) is 18.1 Å². The number of hydrogen-bond donors (Lipinski definition) is 1. The standard InChI is InChI=1S/C10H14N2S/c1-2-7(1)9-6-13-10(12-9)8-3-4-11-5-8/h6-8,11H,1-5H2. The van der Waals surface area contributed by atoms with E-state index >= 15 is 0 Å². The van der Waals surface area contributed by atoms with Crippen molar-refractivity contribution in [3.05, 3.63) is 16.1 Å². The molecule has 1 aromatic heterocycles. The number of nitrogens with zero attached hydrogens (tertiary/aromatic N) is 1. The Labute approximate surface area is 82.4 Å². The van der Waals surface area contributed by atoms with Gasteiger partial charge in [-0.25, -0.2) is 4.98 Å². The molecule has 1 unspecified atom stereocenters. The highest BCUT2D eigenvalue weighted by Crippen LogP contribution is 2.41. The van der Waals surface area contributed by atoms with Crippen LogP contribution in [0.1, 0.15) is 41.8 Å². The first kappa shape index (κ1) is 7.94. The van der Waals surface area contributed by atoms with Crippen LogP contribution < -0.4 is 5.32 Å². The van der Waals surface area contributed by atoms with Gasteiger partial charge in [0.1, 0.15) is 0 Å². The molecule has 3 rings (SSSR count). The molecule has 0 spiro atoms.